The molecule has 1 unspecified atom stereocenters. The molecule has 0 saturated carbocycles. The Hall–Kier alpha value is -4.91. The molecule has 2 aromatic heterocycles. The minimum atomic E-state index is -4.75. The SMILES string of the molecule is COc1ccc(C(C)C)c(-n2c(C)cs/c2=N\C(=O)NCCC(C)c2ccc(-c3ncn(-c4ccc(OC(F)(F)F)cc4)n3)cc2)c1. The number of rotatable bonds is 10. The summed E-state index contributed by atoms with van der Waals surface area (Å²) in [6.45, 7) is 8.78. The van der Waals surface area contributed by atoms with Crippen LogP contribution in [0, 0.1) is 6.92 Å². The van der Waals surface area contributed by atoms with Crippen molar-refractivity contribution in [3.8, 4) is 34.3 Å². The second-order valence-corrected chi connectivity index (χ2v) is 12.1. The summed E-state index contributed by atoms with van der Waals surface area (Å²) >= 11 is 1.41. The summed E-state index contributed by atoms with van der Waals surface area (Å²) in [7, 11) is 1.63. The van der Waals surface area contributed by atoms with Gasteiger partial charge in [-0.3, -0.25) is 4.57 Å². The van der Waals surface area contributed by atoms with Crippen LogP contribution in [0.4, 0.5) is 18.0 Å². The summed E-state index contributed by atoms with van der Waals surface area (Å²) < 4.78 is 50.2. The lowest BCUT2D eigenvalue weighted by Gasteiger charge is -2.16. The molecule has 0 saturated heterocycles. The van der Waals surface area contributed by atoms with Crippen LogP contribution in [0.5, 0.6) is 11.5 Å². The van der Waals surface area contributed by atoms with Gasteiger partial charge < -0.3 is 14.8 Å². The van der Waals surface area contributed by atoms with Crippen LogP contribution in [0.3, 0.4) is 0 Å². The Balaban J connectivity index is 1.19. The van der Waals surface area contributed by atoms with Gasteiger partial charge in [0.25, 0.3) is 0 Å². The van der Waals surface area contributed by atoms with Crippen molar-refractivity contribution in [2.45, 2.75) is 52.3 Å². The summed E-state index contributed by atoms with van der Waals surface area (Å²) in [5.74, 6) is 1.33. The van der Waals surface area contributed by atoms with E-state index in [9.17, 15) is 18.0 Å². The lowest BCUT2D eigenvalue weighted by molar-refractivity contribution is -0.274. The van der Waals surface area contributed by atoms with Crippen LogP contribution in [0.2, 0.25) is 0 Å². The molecule has 5 rings (SSSR count). The van der Waals surface area contributed by atoms with E-state index < -0.39 is 12.4 Å². The molecule has 0 fully saturated rings. The topological polar surface area (TPSA) is 95.6 Å². The maximum Gasteiger partial charge on any atom is 0.573 e. The van der Waals surface area contributed by atoms with Crippen molar-refractivity contribution in [2.75, 3.05) is 13.7 Å². The number of halogens is 3. The first-order chi connectivity index (χ1) is 22.4. The zero-order valence-corrected chi connectivity index (χ0v) is 27.4. The number of methoxy groups -OCH3 is 1. The molecule has 1 N–H and O–H groups in total. The standard InChI is InChI=1S/C34H35F3N6O3S/c1-21(2)29-15-14-28(45-5)18-30(29)43-23(4)19-47-33(43)40-32(44)38-17-16-22(3)24-6-8-25(9-7-24)31-39-20-42(41-31)26-10-12-27(13-11-26)46-34(35,36)37/h6-15,18-22H,16-17H2,1-5H3,(H,38,44)/b40-33-. The smallest absolute Gasteiger partial charge is 0.497 e. The third kappa shape index (κ3) is 8.28. The van der Waals surface area contributed by atoms with E-state index in [1.807, 2.05) is 59.3 Å². The second-order valence-electron chi connectivity index (χ2n) is 11.3. The Labute approximate surface area is 274 Å². The van der Waals surface area contributed by atoms with Gasteiger partial charge in [-0.05, 0) is 66.6 Å². The number of carbonyl (C=O) groups excluding carboxylic acids is 1. The summed E-state index contributed by atoms with van der Waals surface area (Å²) in [6, 6.07) is 18.8. The Morgan fingerprint density at radius 2 is 1.72 bits per heavy atom. The predicted octanol–water partition coefficient (Wildman–Crippen LogP) is 7.93. The van der Waals surface area contributed by atoms with Crippen molar-refractivity contribution in [3.63, 3.8) is 0 Å². The summed E-state index contributed by atoms with van der Waals surface area (Å²) in [6.07, 6.45) is -2.55. The number of hydrogen-bond donors (Lipinski definition) is 1. The van der Waals surface area contributed by atoms with Crippen LogP contribution in [0.15, 0.2) is 83.4 Å². The minimum Gasteiger partial charge on any atom is -0.497 e. The number of ether oxygens (including phenoxy) is 2. The molecule has 2 amide bonds. The molecule has 3 aromatic carbocycles. The number of aromatic nitrogens is 4. The van der Waals surface area contributed by atoms with E-state index in [1.54, 1.807) is 7.11 Å². The van der Waals surface area contributed by atoms with Gasteiger partial charge in [0.2, 0.25) is 0 Å². The van der Waals surface area contributed by atoms with E-state index in [1.165, 1.54) is 46.6 Å². The highest BCUT2D eigenvalue weighted by atomic mass is 32.1. The third-order valence-corrected chi connectivity index (χ3v) is 8.54. The molecule has 2 heterocycles. The van der Waals surface area contributed by atoms with E-state index >= 15 is 0 Å². The number of benzene rings is 3. The maximum absolute atomic E-state index is 12.9. The molecular formula is C34H35F3N6O3S. The quantitative estimate of drug-likeness (QED) is 0.164. The summed E-state index contributed by atoms with van der Waals surface area (Å²) in [5, 5.41) is 9.37. The van der Waals surface area contributed by atoms with E-state index in [-0.39, 0.29) is 17.6 Å². The largest absolute Gasteiger partial charge is 0.573 e. The normalized spacial score (nSPS) is 12.7. The fourth-order valence-electron chi connectivity index (χ4n) is 5.07. The van der Waals surface area contributed by atoms with Gasteiger partial charge in [-0.15, -0.1) is 29.6 Å². The van der Waals surface area contributed by atoms with Crippen molar-refractivity contribution in [2.24, 2.45) is 4.99 Å². The van der Waals surface area contributed by atoms with Gasteiger partial charge in [-0.1, -0.05) is 51.1 Å². The molecule has 0 radical (unpaired) electrons. The van der Waals surface area contributed by atoms with Gasteiger partial charge in [0.1, 0.15) is 17.8 Å². The molecule has 9 nitrogen and oxygen atoms in total. The van der Waals surface area contributed by atoms with E-state index in [4.69, 9.17) is 4.74 Å². The number of urea groups is 1. The first-order valence-electron chi connectivity index (χ1n) is 15.0. The lowest BCUT2D eigenvalue weighted by Crippen LogP contribution is -2.26. The number of nitrogens with zero attached hydrogens (tertiary/aromatic N) is 5. The molecule has 47 heavy (non-hydrogen) atoms. The number of thiazole rings is 1. The summed E-state index contributed by atoms with van der Waals surface area (Å²) in [4.78, 5) is 22.2. The number of amides is 2. The van der Waals surface area contributed by atoms with Gasteiger partial charge in [0.15, 0.2) is 10.6 Å². The van der Waals surface area contributed by atoms with Crippen LogP contribution in [-0.2, 0) is 0 Å². The molecule has 13 heteroatoms. The predicted molar refractivity (Wildman–Crippen MR) is 174 cm³/mol. The average molecular weight is 665 g/mol. The third-order valence-electron chi connectivity index (χ3n) is 7.59. The van der Waals surface area contributed by atoms with Crippen LogP contribution in [0.1, 0.15) is 55.8 Å². The number of aryl methyl sites for hydroxylation is 1. The molecule has 246 valence electrons. The fraction of sp³-hybridized carbons (Fsp3) is 0.294. The number of hydrogen-bond acceptors (Lipinski definition) is 6. The zero-order chi connectivity index (χ0) is 33.7. The maximum atomic E-state index is 12.9. The molecule has 0 aliphatic carbocycles. The van der Waals surface area contributed by atoms with Crippen molar-refractivity contribution < 1.29 is 27.4 Å². The first-order valence-corrected chi connectivity index (χ1v) is 15.9. The van der Waals surface area contributed by atoms with Crippen molar-refractivity contribution >= 4 is 17.4 Å². The van der Waals surface area contributed by atoms with Crippen molar-refractivity contribution in [3.05, 3.63) is 100 Å². The monoisotopic (exact) mass is 664 g/mol. The zero-order valence-electron chi connectivity index (χ0n) is 26.6. The number of nitrogens with one attached hydrogen (secondary N) is 1. The highest BCUT2D eigenvalue weighted by Crippen LogP contribution is 2.28. The van der Waals surface area contributed by atoms with Crippen molar-refractivity contribution in [1.29, 1.82) is 0 Å². The highest BCUT2D eigenvalue weighted by Gasteiger charge is 2.31. The molecule has 0 aliphatic heterocycles. The van der Waals surface area contributed by atoms with Crippen LogP contribution >= 0.6 is 11.3 Å². The van der Waals surface area contributed by atoms with Crippen molar-refractivity contribution in [1.82, 2.24) is 24.6 Å². The van der Waals surface area contributed by atoms with Gasteiger partial charge in [-0.25, -0.2) is 14.5 Å². The number of alkyl halides is 3. The van der Waals surface area contributed by atoms with Crippen LogP contribution in [-0.4, -0.2) is 45.4 Å². The summed E-state index contributed by atoms with van der Waals surface area (Å²) in [5.41, 5.74) is 5.47. The number of carbonyl (C=O) groups is 1. The molecule has 0 spiro atoms. The molecule has 0 bridgehead atoms. The molecule has 0 aliphatic rings. The average Bonchev–Trinajstić information content (AvgIpc) is 3.67. The Bertz CT molecular complexity index is 1890. The Morgan fingerprint density at radius 3 is 2.38 bits per heavy atom. The first kappa shape index (κ1) is 33.5. The Kier molecular flexibility index (Phi) is 10.1. The molecule has 5 aromatic rings. The van der Waals surface area contributed by atoms with Gasteiger partial charge in [0.05, 0.1) is 18.5 Å². The fourth-order valence-corrected chi connectivity index (χ4v) is 5.93. The van der Waals surface area contributed by atoms with Crippen LogP contribution < -0.4 is 19.6 Å². The molecular weight excluding hydrogens is 629 g/mol. The lowest BCUT2D eigenvalue weighted by atomic mass is 9.96. The van der Waals surface area contributed by atoms with Gasteiger partial charge >= 0.3 is 12.4 Å². The van der Waals surface area contributed by atoms with E-state index in [0.717, 1.165) is 33.8 Å². The second kappa shape index (κ2) is 14.2. The van der Waals surface area contributed by atoms with E-state index in [2.05, 4.69) is 45.9 Å². The van der Waals surface area contributed by atoms with Gasteiger partial charge in [-0.2, -0.15) is 4.99 Å². The van der Waals surface area contributed by atoms with Crippen LogP contribution in [0.25, 0.3) is 22.8 Å². The van der Waals surface area contributed by atoms with Gasteiger partial charge in [0, 0.05) is 29.2 Å². The highest BCUT2D eigenvalue weighted by molar-refractivity contribution is 7.07. The molecule has 1 atom stereocenters. The van der Waals surface area contributed by atoms with E-state index in [0.29, 0.717) is 29.3 Å². The minimum absolute atomic E-state index is 0.159. The Morgan fingerprint density at radius 1 is 1.02 bits per heavy atom.